The SMILES string of the molecule is CC(C)(Oc1ccc(C(=O)c2ccc(Cl)cc2)cc1)C(=O)N/N=C/c1ccccn1. The number of ketones is 1. The minimum absolute atomic E-state index is 0.126. The molecular weight excluding hydrogens is 402 g/mol. The molecule has 0 aliphatic carbocycles. The first kappa shape index (κ1) is 21.2. The van der Waals surface area contributed by atoms with Gasteiger partial charge in [0.2, 0.25) is 0 Å². The molecule has 2 aromatic carbocycles. The molecule has 1 amide bonds. The quantitative estimate of drug-likeness (QED) is 0.351. The number of rotatable bonds is 7. The van der Waals surface area contributed by atoms with Crippen molar-refractivity contribution in [1.29, 1.82) is 0 Å². The Morgan fingerprint density at radius 1 is 1.00 bits per heavy atom. The second-order valence-corrected chi connectivity index (χ2v) is 7.36. The molecule has 0 spiro atoms. The van der Waals surface area contributed by atoms with Crippen LogP contribution in [0.15, 0.2) is 78.0 Å². The Bertz CT molecular complexity index is 1050. The van der Waals surface area contributed by atoms with E-state index in [1.165, 1.54) is 6.21 Å². The predicted molar refractivity (Wildman–Crippen MR) is 116 cm³/mol. The van der Waals surface area contributed by atoms with Crippen LogP contribution in [0, 0.1) is 0 Å². The van der Waals surface area contributed by atoms with Crippen molar-refractivity contribution in [2.75, 3.05) is 0 Å². The third kappa shape index (κ3) is 5.52. The van der Waals surface area contributed by atoms with E-state index in [1.807, 2.05) is 6.07 Å². The number of carbonyl (C=O) groups is 2. The van der Waals surface area contributed by atoms with Crippen molar-refractivity contribution in [2.45, 2.75) is 19.4 Å². The number of carbonyl (C=O) groups excluding carboxylic acids is 2. The van der Waals surface area contributed by atoms with E-state index in [4.69, 9.17) is 16.3 Å². The van der Waals surface area contributed by atoms with Crippen LogP contribution in [-0.2, 0) is 4.79 Å². The van der Waals surface area contributed by atoms with Crippen molar-refractivity contribution in [3.63, 3.8) is 0 Å². The fraction of sp³-hybridized carbons (Fsp3) is 0.130. The molecule has 0 unspecified atom stereocenters. The second-order valence-electron chi connectivity index (χ2n) is 6.93. The summed E-state index contributed by atoms with van der Waals surface area (Å²) in [5, 5.41) is 4.47. The summed E-state index contributed by atoms with van der Waals surface area (Å²) < 4.78 is 5.79. The summed E-state index contributed by atoms with van der Waals surface area (Å²) in [6, 6.07) is 18.7. The molecule has 3 aromatic rings. The van der Waals surface area contributed by atoms with Crippen LogP contribution in [0.5, 0.6) is 5.75 Å². The lowest BCUT2D eigenvalue weighted by molar-refractivity contribution is -0.134. The molecule has 0 radical (unpaired) electrons. The lowest BCUT2D eigenvalue weighted by Gasteiger charge is -2.24. The summed E-state index contributed by atoms with van der Waals surface area (Å²) in [5.41, 5.74) is 2.94. The maximum atomic E-state index is 12.5. The van der Waals surface area contributed by atoms with Crippen molar-refractivity contribution < 1.29 is 14.3 Å². The van der Waals surface area contributed by atoms with Crippen molar-refractivity contribution in [2.24, 2.45) is 5.10 Å². The van der Waals surface area contributed by atoms with Crippen molar-refractivity contribution >= 4 is 29.5 Å². The van der Waals surface area contributed by atoms with Crippen LogP contribution in [0.4, 0.5) is 0 Å². The molecule has 0 aliphatic heterocycles. The van der Waals surface area contributed by atoms with Gasteiger partial charge in [-0.15, -0.1) is 0 Å². The van der Waals surface area contributed by atoms with Crippen LogP contribution in [0.2, 0.25) is 5.02 Å². The number of nitrogens with one attached hydrogen (secondary N) is 1. The molecule has 6 nitrogen and oxygen atoms in total. The Labute approximate surface area is 179 Å². The van der Waals surface area contributed by atoms with E-state index < -0.39 is 11.5 Å². The molecule has 30 heavy (non-hydrogen) atoms. The van der Waals surface area contributed by atoms with Crippen LogP contribution in [-0.4, -0.2) is 28.5 Å². The van der Waals surface area contributed by atoms with Crippen molar-refractivity contribution in [3.05, 3.63) is 94.8 Å². The molecule has 1 aromatic heterocycles. The maximum Gasteiger partial charge on any atom is 0.283 e. The number of nitrogens with zero attached hydrogens (tertiary/aromatic N) is 2. The van der Waals surface area contributed by atoms with Gasteiger partial charge in [0.25, 0.3) is 5.91 Å². The molecule has 0 aliphatic rings. The van der Waals surface area contributed by atoms with Crippen LogP contribution in [0.1, 0.15) is 35.5 Å². The third-order valence-electron chi connectivity index (χ3n) is 4.19. The van der Waals surface area contributed by atoms with Gasteiger partial charge in [-0.1, -0.05) is 17.7 Å². The number of hydrogen-bond donors (Lipinski definition) is 1. The lowest BCUT2D eigenvalue weighted by Crippen LogP contribution is -2.44. The Hall–Kier alpha value is -3.51. The van der Waals surface area contributed by atoms with Gasteiger partial charge in [0.15, 0.2) is 11.4 Å². The number of pyridine rings is 1. The number of ether oxygens (including phenoxy) is 1. The highest BCUT2D eigenvalue weighted by atomic mass is 35.5. The number of hydrogen-bond acceptors (Lipinski definition) is 5. The fourth-order valence-electron chi connectivity index (χ4n) is 2.53. The summed E-state index contributed by atoms with van der Waals surface area (Å²) in [7, 11) is 0. The zero-order chi connectivity index (χ0) is 21.6. The standard InChI is InChI=1S/C23H20ClN3O3/c1-23(2,22(29)27-26-15-19-5-3-4-14-25-19)30-20-12-8-17(9-13-20)21(28)16-6-10-18(24)11-7-16/h3-15H,1-2H3,(H,27,29)/b26-15+. The highest BCUT2D eigenvalue weighted by Crippen LogP contribution is 2.21. The van der Waals surface area contributed by atoms with Gasteiger partial charge in [0, 0.05) is 22.3 Å². The Morgan fingerprint density at radius 3 is 2.23 bits per heavy atom. The van der Waals surface area contributed by atoms with Gasteiger partial charge >= 0.3 is 0 Å². The van der Waals surface area contributed by atoms with Gasteiger partial charge in [-0.05, 0) is 74.5 Å². The monoisotopic (exact) mass is 421 g/mol. The van der Waals surface area contributed by atoms with E-state index >= 15 is 0 Å². The third-order valence-corrected chi connectivity index (χ3v) is 4.45. The molecule has 152 valence electrons. The first-order valence-electron chi connectivity index (χ1n) is 9.19. The maximum absolute atomic E-state index is 12.5. The van der Waals surface area contributed by atoms with E-state index in [-0.39, 0.29) is 5.78 Å². The summed E-state index contributed by atoms with van der Waals surface area (Å²) in [6.07, 6.45) is 3.09. The van der Waals surface area contributed by atoms with E-state index in [9.17, 15) is 9.59 Å². The molecular formula is C23H20ClN3O3. The molecule has 0 saturated heterocycles. The molecule has 0 fully saturated rings. The van der Waals surface area contributed by atoms with Crippen LogP contribution >= 0.6 is 11.6 Å². The minimum atomic E-state index is -1.18. The summed E-state index contributed by atoms with van der Waals surface area (Å²) in [5.74, 6) is -0.0911. The largest absolute Gasteiger partial charge is 0.478 e. The molecule has 7 heteroatoms. The van der Waals surface area contributed by atoms with Gasteiger partial charge in [0.1, 0.15) is 5.75 Å². The van der Waals surface area contributed by atoms with Crippen molar-refractivity contribution in [3.8, 4) is 5.75 Å². The Balaban J connectivity index is 1.61. The van der Waals surface area contributed by atoms with Crippen LogP contribution < -0.4 is 10.2 Å². The zero-order valence-corrected chi connectivity index (χ0v) is 17.3. The van der Waals surface area contributed by atoms with Crippen LogP contribution in [0.25, 0.3) is 0 Å². The number of aromatic nitrogens is 1. The summed E-state index contributed by atoms with van der Waals surface area (Å²) in [4.78, 5) is 29.0. The number of hydrazone groups is 1. The van der Waals surface area contributed by atoms with E-state index in [1.54, 1.807) is 80.7 Å². The van der Waals surface area contributed by atoms with Gasteiger partial charge in [0.05, 0.1) is 11.9 Å². The van der Waals surface area contributed by atoms with Gasteiger partial charge in [-0.2, -0.15) is 5.10 Å². The first-order valence-corrected chi connectivity index (χ1v) is 9.57. The Morgan fingerprint density at radius 2 is 1.63 bits per heavy atom. The second kappa shape index (κ2) is 9.33. The number of amides is 1. The van der Waals surface area contributed by atoms with E-state index in [0.717, 1.165) is 0 Å². The van der Waals surface area contributed by atoms with Gasteiger partial charge in [-0.25, -0.2) is 5.43 Å². The molecule has 0 bridgehead atoms. The Kier molecular flexibility index (Phi) is 6.59. The van der Waals surface area contributed by atoms with Crippen LogP contribution in [0.3, 0.4) is 0 Å². The van der Waals surface area contributed by atoms with Gasteiger partial charge < -0.3 is 4.74 Å². The smallest absolute Gasteiger partial charge is 0.283 e. The highest BCUT2D eigenvalue weighted by molar-refractivity contribution is 6.30. The summed E-state index contributed by atoms with van der Waals surface area (Å²) >= 11 is 5.86. The molecule has 0 saturated carbocycles. The molecule has 1 N–H and O–H groups in total. The predicted octanol–water partition coefficient (Wildman–Crippen LogP) is 4.27. The average molecular weight is 422 g/mol. The zero-order valence-electron chi connectivity index (χ0n) is 16.5. The van der Waals surface area contributed by atoms with Gasteiger partial charge in [-0.3, -0.25) is 14.6 Å². The van der Waals surface area contributed by atoms with Crippen molar-refractivity contribution in [1.82, 2.24) is 10.4 Å². The summed E-state index contributed by atoms with van der Waals surface area (Å²) in [6.45, 7) is 3.26. The molecule has 3 rings (SSSR count). The lowest BCUT2D eigenvalue weighted by atomic mass is 10.0. The number of benzene rings is 2. The normalized spacial score (nSPS) is 11.3. The topological polar surface area (TPSA) is 80.7 Å². The van der Waals surface area contributed by atoms with E-state index in [0.29, 0.717) is 27.6 Å². The molecule has 0 atom stereocenters. The highest BCUT2D eigenvalue weighted by Gasteiger charge is 2.30. The average Bonchev–Trinajstić information content (AvgIpc) is 2.75. The first-order chi connectivity index (χ1) is 14.3. The fourth-order valence-corrected chi connectivity index (χ4v) is 2.65. The minimum Gasteiger partial charge on any atom is -0.478 e. The van der Waals surface area contributed by atoms with E-state index in [2.05, 4.69) is 15.5 Å². The number of halogens is 1. The molecule has 1 heterocycles.